The molecule has 0 radical (unpaired) electrons. The molecule has 0 aromatic carbocycles. The molecule has 0 amide bonds. The van der Waals surface area contributed by atoms with E-state index in [1.165, 1.54) is 11.1 Å². The van der Waals surface area contributed by atoms with E-state index in [4.69, 9.17) is 0 Å². The molecular formula is C20H32Cl2SiZr-2. The van der Waals surface area contributed by atoms with Crippen molar-refractivity contribution in [2.24, 2.45) is 10.8 Å². The van der Waals surface area contributed by atoms with Crippen LogP contribution in [0.1, 0.15) is 54.4 Å². The Morgan fingerprint density at radius 1 is 0.792 bits per heavy atom. The standard InChI is InChI=1S/2C9H13.C2H6Si.2ClH.Zr/c2*1-9(2,3)8-6-4-5-7-8;1-3-2;;;/h2*4,6H,5H2,1-3H3;1-2H3;2*1H;/q2*-1;;;;+2/p-2. The molecule has 0 aromatic rings. The Labute approximate surface area is 178 Å². The Morgan fingerprint density at radius 2 is 1.04 bits per heavy atom. The third-order valence-corrected chi connectivity index (χ3v) is 3.01. The topological polar surface area (TPSA) is 0 Å². The van der Waals surface area contributed by atoms with Crippen molar-refractivity contribution in [3.63, 3.8) is 0 Å². The van der Waals surface area contributed by atoms with Crippen molar-refractivity contribution < 1.29 is 48.1 Å². The van der Waals surface area contributed by atoms with E-state index in [0.29, 0.717) is 10.8 Å². The van der Waals surface area contributed by atoms with Gasteiger partial charge in [0.2, 0.25) is 0 Å². The fourth-order valence-electron chi connectivity index (χ4n) is 1.84. The fourth-order valence-corrected chi connectivity index (χ4v) is 1.84. The van der Waals surface area contributed by atoms with Crippen molar-refractivity contribution in [3.05, 3.63) is 47.6 Å². The van der Waals surface area contributed by atoms with Crippen LogP contribution >= 0.6 is 0 Å². The minimum absolute atomic E-state index is 0. The molecule has 2 rings (SSSR count). The van der Waals surface area contributed by atoms with Gasteiger partial charge in [-0.1, -0.05) is 41.5 Å². The molecular weight excluding hydrogens is 430 g/mol. The van der Waals surface area contributed by atoms with Crippen LogP contribution in [0.2, 0.25) is 13.1 Å². The molecule has 0 saturated heterocycles. The van der Waals surface area contributed by atoms with Crippen molar-refractivity contribution in [2.75, 3.05) is 0 Å². The van der Waals surface area contributed by atoms with E-state index in [2.05, 4.69) is 91.1 Å². The van der Waals surface area contributed by atoms with Gasteiger partial charge in [-0.25, -0.2) is 23.3 Å². The van der Waals surface area contributed by atoms with Crippen molar-refractivity contribution >= 4 is 5.43 Å². The summed E-state index contributed by atoms with van der Waals surface area (Å²) in [5, 5.41) is 0. The Balaban J connectivity index is -0.000000283. The summed E-state index contributed by atoms with van der Waals surface area (Å²) in [6, 6.07) is 0. The number of hydrogen-bond donors (Lipinski definition) is 0. The second-order valence-electron chi connectivity index (χ2n) is 7.89. The average molecular weight is 463 g/mol. The van der Waals surface area contributed by atoms with Crippen LogP contribution in [0.25, 0.3) is 0 Å². The molecule has 2 aliphatic rings. The minimum atomic E-state index is 0. The Hall–Kier alpha value is 0.640. The average Bonchev–Trinajstić information content (AvgIpc) is 3.02. The Kier molecular flexibility index (Phi) is 16.9. The molecule has 136 valence electrons. The van der Waals surface area contributed by atoms with E-state index in [1.807, 2.05) is 0 Å². The van der Waals surface area contributed by atoms with Gasteiger partial charge in [0.1, 0.15) is 0 Å². The van der Waals surface area contributed by atoms with Crippen LogP contribution in [0.4, 0.5) is 0 Å². The van der Waals surface area contributed by atoms with E-state index >= 15 is 0 Å². The minimum Gasteiger partial charge on any atom is -1.00 e. The molecule has 0 aromatic heterocycles. The molecule has 0 unspecified atom stereocenters. The van der Waals surface area contributed by atoms with E-state index in [-0.39, 0.29) is 30.2 Å². The monoisotopic (exact) mass is 460 g/mol. The van der Waals surface area contributed by atoms with Crippen LogP contribution in [0.15, 0.2) is 35.5 Å². The van der Waals surface area contributed by atoms with Gasteiger partial charge in [-0.2, -0.15) is 12.2 Å². The molecule has 0 nitrogen and oxygen atoms in total. The molecule has 0 aliphatic heterocycles. The van der Waals surface area contributed by atoms with Gasteiger partial charge < -0.3 is 24.8 Å². The van der Waals surface area contributed by atoms with Crippen LogP contribution in [-0.4, -0.2) is 5.43 Å². The molecule has 4 heteroatoms. The van der Waals surface area contributed by atoms with Crippen LogP contribution in [-0.2, 0) is 23.3 Å². The summed E-state index contributed by atoms with van der Waals surface area (Å²) in [4.78, 5) is 0. The molecule has 24 heavy (non-hydrogen) atoms. The summed E-state index contributed by atoms with van der Waals surface area (Å²) in [5.41, 5.74) is 3.51. The van der Waals surface area contributed by atoms with Gasteiger partial charge >= 0.3 is 41.9 Å². The first-order valence-electron chi connectivity index (χ1n) is 8.02. The molecule has 0 fully saturated rings. The largest absolute Gasteiger partial charge is 1.00 e. The van der Waals surface area contributed by atoms with E-state index < -0.39 is 0 Å². The Bertz CT molecular complexity index is 443. The van der Waals surface area contributed by atoms with Gasteiger partial charge in [-0.3, -0.25) is 12.2 Å². The summed E-state index contributed by atoms with van der Waals surface area (Å²) in [6.07, 6.45) is 17.3. The van der Waals surface area contributed by atoms with Gasteiger partial charge in [-0.15, -0.1) is 12.8 Å². The smallest absolute Gasteiger partial charge is 1.00 e. The third-order valence-electron chi connectivity index (χ3n) is 3.01. The maximum atomic E-state index is 3.30. The molecule has 0 spiro atoms. The van der Waals surface area contributed by atoms with Gasteiger partial charge in [0, 0.05) is 0 Å². The predicted molar refractivity (Wildman–Crippen MR) is 97.4 cm³/mol. The third kappa shape index (κ3) is 14.9. The predicted octanol–water partition coefficient (Wildman–Crippen LogP) is 0.236. The summed E-state index contributed by atoms with van der Waals surface area (Å²) in [7, 11) is 0. The maximum absolute atomic E-state index is 3.30. The normalized spacial score (nSPS) is 14.9. The van der Waals surface area contributed by atoms with Crippen molar-refractivity contribution in [2.45, 2.75) is 67.5 Å². The van der Waals surface area contributed by atoms with E-state index in [0.717, 1.165) is 12.8 Å². The van der Waals surface area contributed by atoms with Gasteiger partial charge in [0.25, 0.3) is 0 Å². The van der Waals surface area contributed by atoms with Crippen molar-refractivity contribution in [1.29, 1.82) is 0 Å². The molecule has 2 aliphatic carbocycles. The van der Waals surface area contributed by atoms with Crippen molar-refractivity contribution in [1.82, 2.24) is 0 Å². The summed E-state index contributed by atoms with van der Waals surface area (Å²) >= 11 is 1.74. The molecule has 0 heterocycles. The van der Waals surface area contributed by atoms with Crippen LogP contribution < -0.4 is 24.8 Å². The first-order chi connectivity index (χ1) is 9.94. The molecule has 0 N–H and O–H groups in total. The number of allylic oxidation sites excluding steroid dienone is 8. The maximum Gasteiger partial charge on any atom is -1.00 e. The molecule has 0 bridgehead atoms. The first kappa shape index (κ1) is 29.4. The zero-order valence-electron chi connectivity index (χ0n) is 16.5. The Morgan fingerprint density at radius 3 is 1.12 bits per heavy atom. The number of halogens is 2. The summed E-state index contributed by atoms with van der Waals surface area (Å²) in [6.45, 7) is 17.9. The first-order valence-corrected chi connectivity index (χ1v) is 14.2. The number of hydrogen-bond acceptors (Lipinski definition) is 0. The van der Waals surface area contributed by atoms with Crippen LogP contribution in [0, 0.1) is 23.0 Å². The molecule has 0 atom stereocenters. The zero-order valence-corrected chi connectivity index (χ0v) is 21.4. The SMILES string of the molecule is CC(C)(C)C1=[C-]CC=C1.CC(C)(C)C1=[C-]CC=C1.C[Si](C)=[Zr+2].[Cl-].[Cl-]. The van der Waals surface area contributed by atoms with Crippen LogP contribution in [0.5, 0.6) is 0 Å². The van der Waals surface area contributed by atoms with Crippen molar-refractivity contribution in [3.8, 4) is 0 Å². The van der Waals surface area contributed by atoms with Crippen LogP contribution in [0.3, 0.4) is 0 Å². The van der Waals surface area contributed by atoms with Gasteiger partial charge in [0.15, 0.2) is 0 Å². The van der Waals surface area contributed by atoms with E-state index in [9.17, 15) is 0 Å². The second-order valence-corrected chi connectivity index (χ2v) is 17.3. The van der Waals surface area contributed by atoms with Gasteiger partial charge in [0.05, 0.1) is 0 Å². The summed E-state index contributed by atoms with van der Waals surface area (Å²) in [5.74, 6) is 0. The quantitative estimate of drug-likeness (QED) is 0.357. The second kappa shape index (κ2) is 13.8. The fraction of sp³-hybridized carbons (Fsp3) is 0.600. The molecule has 0 saturated carbocycles. The number of rotatable bonds is 0. The zero-order chi connectivity index (χ0) is 17.4. The van der Waals surface area contributed by atoms with Gasteiger partial charge in [-0.05, 0) is 10.8 Å². The summed E-state index contributed by atoms with van der Waals surface area (Å²) < 4.78 is 0. The van der Waals surface area contributed by atoms with E-state index in [1.54, 1.807) is 23.3 Å².